The Hall–Kier alpha value is -2.79. The van der Waals surface area contributed by atoms with Crippen molar-refractivity contribution in [3.63, 3.8) is 0 Å². The van der Waals surface area contributed by atoms with Gasteiger partial charge in [-0.1, -0.05) is 30.9 Å². The third kappa shape index (κ3) is 6.10. The van der Waals surface area contributed by atoms with Crippen molar-refractivity contribution in [2.75, 3.05) is 44.4 Å². The third-order valence-corrected chi connectivity index (χ3v) is 5.76. The van der Waals surface area contributed by atoms with Gasteiger partial charge in [0.25, 0.3) is 0 Å². The van der Waals surface area contributed by atoms with E-state index in [-0.39, 0.29) is 0 Å². The van der Waals surface area contributed by atoms with Gasteiger partial charge in [0.2, 0.25) is 0 Å². The quantitative estimate of drug-likeness (QED) is 0.566. The second-order valence-electron chi connectivity index (χ2n) is 8.06. The number of likely N-dealkylation sites (tertiary alicyclic amines) is 1. The van der Waals surface area contributed by atoms with Crippen LogP contribution in [0.2, 0.25) is 0 Å². The van der Waals surface area contributed by atoms with Gasteiger partial charge >= 0.3 is 0 Å². The van der Waals surface area contributed by atoms with Gasteiger partial charge in [0.15, 0.2) is 0 Å². The van der Waals surface area contributed by atoms with Gasteiger partial charge in [-0.15, -0.1) is 0 Å². The maximum atomic E-state index is 4.59. The number of anilines is 2. The van der Waals surface area contributed by atoms with E-state index in [1.807, 2.05) is 26.2 Å². The second-order valence-corrected chi connectivity index (χ2v) is 8.06. The standard InChI is InChI=1S/C25H35N5/c1-5-6-22-15-23(8-9-24(22)19(2)26-3)27-17-21-7-10-25(29-18-21)28-16-20-11-13-30(4)14-12-20/h5-10,15,18,20,26-27H,2,11-14,16-17H2,1,3-4H3,(H,28,29)/b6-5-. The van der Waals surface area contributed by atoms with Crippen LogP contribution in [0.5, 0.6) is 0 Å². The van der Waals surface area contributed by atoms with Crippen LogP contribution in [0.1, 0.15) is 36.5 Å². The lowest BCUT2D eigenvalue weighted by atomic mass is 9.97. The lowest BCUT2D eigenvalue weighted by Gasteiger charge is -2.29. The Morgan fingerprint density at radius 3 is 2.67 bits per heavy atom. The van der Waals surface area contributed by atoms with Crippen molar-refractivity contribution in [2.24, 2.45) is 5.92 Å². The molecule has 1 aromatic carbocycles. The second kappa shape index (κ2) is 10.8. The maximum absolute atomic E-state index is 4.59. The van der Waals surface area contributed by atoms with E-state index in [0.717, 1.165) is 52.9 Å². The summed E-state index contributed by atoms with van der Waals surface area (Å²) >= 11 is 0. The summed E-state index contributed by atoms with van der Waals surface area (Å²) in [6, 6.07) is 10.6. The van der Waals surface area contributed by atoms with Crippen LogP contribution in [0.3, 0.4) is 0 Å². The SMILES string of the molecule is C=C(NC)c1ccc(NCc2ccc(NCC3CCN(C)CC3)nc2)cc1/C=C\C. The number of pyridine rings is 1. The zero-order chi connectivity index (χ0) is 21.3. The van der Waals surface area contributed by atoms with Crippen LogP contribution < -0.4 is 16.0 Å². The van der Waals surface area contributed by atoms with Gasteiger partial charge in [0.1, 0.15) is 5.82 Å². The molecule has 160 valence electrons. The molecule has 1 aliphatic rings. The molecule has 0 atom stereocenters. The Morgan fingerprint density at radius 2 is 2.00 bits per heavy atom. The average Bonchev–Trinajstić information content (AvgIpc) is 2.78. The molecule has 0 saturated carbocycles. The fourth-order valence-electron chi connectivity index (χ4n) is 3.75. The summed E-state index contributed by atoms with van der Waals surface area (Å²) in [4.78, 5) is 7.00. The number of hydrogen-bond acceptors (Lipinski definition) is 5. The molecule has 3 rings (SSSR count). The minimum atomic E-state index is 0.740. The van der Waals surface area contributed by atoms with Crippen LogP contribution in [0.4, 0.5) is 11.5 Å². The molecule has 0 spiro atoms. The van der Waals surface area contributed by atoms with Crippen molar-refractivity contribution in [1.29, 1.82) is 0 Å². The van der Waals surface area contributed by atoms with E-state index in [0.29, 0.717) is 0 Å². The van der Waals surface area contributed by atoms with Crippen molar-refractivity contribution in [2.45, 2.75) is 26.3 Å². The highest BCUT2D eigenvalue weighted by Gasteiger charge is 2.16. The van der Waals surface area contributed by atoms with E-state index in [1.165, 1.54) is 25.9 Å². The number of allylic oxidation sites excluding steroid dienone is 1. The van der Waals surface area contributed by atoms with Crippen molar-refractivity contribution < 1.29 is 0 Å². The summed E-state index contributed by atoms with van der Waals surface area (Å²) in [5.41, 5.74) is 5.43. The molecule has 0 aliphatic carbocycles. The third-order valence-electron chi connectivity index (χ3n) is 5.76. The van der Waals surface area contributed by atoms with E-state index < -0.39 is 0 Å². The number of piperidine rings is 1. The number of nitrogens with one attached hydrogen (secondary N) is 3. The molecular weight excluding hydrogens is 370 g/mol. The largest absolute Gasteiger partial charge is 0.388 e. The van der Waals surface area contributed by atoms with Gasteiger partial charge in [-0.3, -0.25) is 0 Å². The number of aromatic nitrogens is 1. The molecular formula is C25H35N5. The smallest absolute Gasteiger partial charge is 0.125 e. The van der Waals surface area contributed by atoms with E-state index >= 15 is 0 Å². The molecule has 0 radical (unpaired) electrons. The zero-order valence-electron chi connectivity index (χ0n) is 18.5. The molecule has 2 aromatic rings. The Labute approximate surface area is 181 Å². The summed E-state index contributed by atoms with van der Waals surface area (Å²) in [6.45, 7) is 10.3. The molecule has 1 aromatic heterocycles. The Kier molecular flexibility index (Phi) is 7.91. The number of rotatable bonds is 9. The minimum Gasteiger partial charge on any atom is -0.388 e. The van der Waals surface area contributed by atoms with Gasteiger partial charge in [0, 0.05) is 43.3 Å². The topological polar surface area (TPSA) is 52.2 Å². The van der Waals surface area contributed by atoms with E-state index in [9.17, 15) is 0 Å². The first-order chi connectivity index (χ1) is 14.6. The average molecular weight is 406 g/mol. The lowest BCUT2D eigenvalue weighted by Crippen LogP contribution is -2.33. The van der Waals surface area contributed by atoms with Gasteiger partial charge in [0.05, 0.1) is 0 Å². The normalized spacial score (nSPS) is 15.3. The number of benzene rings is 1. The van der Waals surface area contributed by atoms with Crippen LogP contribution in [0, 0.1) is 5.92 Å². The number of hydrogen-bond donors (Lipinski definition) is 3. The first kappa shape index (κ1) is 21.9. The van der Waals surface area contributed by atoms with Gasteiger partial charge in [-0.2, -0.15) is 0 Å². The van der Waals surface area contributed by atoms with Crippen LogP contribution in [0.25, 0.3) is 11.8 Å². The molecule has 1 fully saturated rings. The fraction of sp³-hybridized carbons (Fsp3) is 0.400. The summed E-state index contributed by atoms with van der Waals surface area (Å²) in [7, 11) is 4.10. The molecule has 30 heavy (non-hydrogen) atoms. The monoisotopic (exact) mass is 405 g/mol. The Bertz CT molecular complexity index is 848. The highest BCUT2D eigenvalue weighted by Crippen LogP contribution is 2.22. The molecule has 0 bridgehead atoms. The van der Waals surface area contributed by atoms with Gasteiger partial charge in [-0.25, -0.2) is 4.98 Å². The van der Waals surface area contributed by atoms with Crippen LogP contribution in [-0.4, -0.2) is 43.6 Å². The molecule has 0 amide bonds. The van der Waals surface area contributed by atoms with Crippen molar-refractivity contribution >= 4 is 23.3 Å². The summed E-state index contributed by atoms with van der Waals surface area (Å²) in [5.74, 6) is 1.71. The van der Waals surface area contributed by atoms with Crippen molar-refractivity contribution in [1.82, 2.24) is 15.2 Å². The lowest BCUT2D eigenvalue weighted by molar-refractivity contribution is 0.226. The molecule has 0 unspecified atom stereocenters. The molecule has 2 heterocycles. The molecule has 1 aliphatic heterocycles. The van der Waals surface area contributed by atoms with Gasteiger partial charge in [-0.05, 0) is 75.1 Å². The zero-order valence-corrected chi connectivity index (χ0v) is 18.5. The summed E-state index contributed by atoms with van der Waals surface area (Å²) in [6.07, 6.45) is 8.64. The number of nitrogens with zero attached hydrogens (tertiary/aromatic N) is 2. The van der Waals surface area contributed by atoms with Crippen LogP contribution in [0.15, 0.2) is 49.2 Å². The van der Waals surface area contributed by atoms with Gasteiger partial charge < -0.3 is 20.9 Å². The summed E-state index contributed by atoms with van der Waals surface area (Å²) < 4.78 is 0. The maximum Gasteiger partial charge on any atom is 0.125 e. The highest BCUT2D eigenvalue weighted by atomic mass is 15.1. The van der Waals surface area contributed by atoms with Crippen molar-refractivity contribution in [3.8, 4) is 0 Å². The molecule has 5 heteroatoms. The first-order valence-corrected chi connectivity index (χ1v) is 10.8. The van der Waals surface area contributed by atoms with E-state index in [2.05, 4.69) is 75.9 Å². The predicted molar refractivity (Wildman–Crippen MR) is 130 cm³/mol. The Morgan fingerprint density at radius 1 is 1.20 bits per heavy atom. The molecule has 3 N–H and O–H groups in total. The highest BCUT2D eigenvalue weighted by molar-refractivity contribution is 5.74. The fourth-order valence-corrected chi connectivity index (χ4v) is 3.75. The van der Waals surface area contributed by atoms with Crippen molar-refractivity contribution in [3.05, 3.63) is 65.9 Å². The van der Waals surface area contributed by atoms with Crippen LogP contribution in [-0.2, 0) is 6.54 Å². The first-order valence-electron chi connectivity index (χ1n) is 10.8. The minimum absolute atomic E-state index is 0.740. The van der Waals surface area contributed by atoms with E-state index in [4.69, 9.17) is 0 Å². The predicted octanol–water partition coefficient (Wildman–Crippen LogP) is 4.67. The molecule has 1 saturated heterocycles. The molecule has 5 nitrogen and oxygen atoms in total. The van der Waals surface area contributed by atoms with Crippen LogP contribution >= 0.6 is 0 Å². The van der Waals surface area contributed by atoms with E-state index in [1.54, 1.807) is 0 Å². The Balaban J connectivity index is 1.53. The summed E-state index contributed by atoms with van der Waals surface area (Å²) in [5, 5.41) is 10.1.